The van der Waals surface area contributed by atoms with Crippen molar-refractivity contribution in [2.24, 2.45) is 0 Å². The quantitative estimate of drug-likeness (QED) is 0.586. The maximum atomic E-state index is 13.9. The minimum atomic E-state index is -2.27. The van der Waals surface area contributed by atoms with E-state index in [4.69, 9.17) is 15.1 Å². The number of halogens is 2. The van der Waals surface area contributed by atoms with Gasteiger partial charge in [0.15, 0.2) is 12.4 Å². The Labute approximate surface area is 109 Å². The molecule has 4 atom stereocenters. The number of aliphatic hydroxyl groups is 2. The Morgan fingerprint density at radius 1 is 1.60 bits per heavy atom. The van der Waals surface area contributed by atoms with Gasteiger partial charge in [-0.25, -0.2) is 9.18 Å². The molecule has 1 saturated heterocycles. The fourth-order valence-corrected chi connectivity index (χ4v) is 1.88. The summed E-state index contributed by atoms with van der Waals surface area (Å²) in [5.74, 6) is -1.37. The van der Waals surface area contributed by atoms with E-state index in [-0.39, 0.29) is 0 Å². The first-order chi connectivity index (χ1) is 9.36. The Balaban J connectivity index is 2.51. The molecule has 0 bridgehead atoms. The van der Waals surface area contributed by atoms with Gasteiger partial charge in [-0.2, -0.15) is 9.65 Å². The monoisotopic (exact) mass is 289 g/mol. The van der Waals surface area contributed by atoms with Crippen LogP contribution in [0.15, 0.2) is 15.8 Å². The minimum absolute atomic E-state index is 0.360. The number of aromatic nitrogens is 2. The van der Waals surface area contributed by atoms with Gasteiger partial charge in [-0.3, -0.25) is 14.3 Å². The van der Waals surface area contributed by atoms with Gasteiger partial charge in [0, 0.05) is 0 Å². The number of alkyl halides is 1. The SMILES string of the molecule is N#C[C@]1(CO)O[C@@H](n2cc(F)c(=O)[nH]c2=O)[C@@H](F)[C@@H]1O. The van der Waals surface area contributed by atoms with E-state index in [1.54, 1.807) is 4.98 Å². The molecular formula is C10H9F2N3O5. The summed E-state index contributed by atoms with van der Waals surface area (Å²) >= 11 is 0. The van der Waals surface area contributed by atoms with Gasteiger partial charge in [-0.1, -0.05) is 0 Å². The average molecular weight is 289 g/mol. The molecule has 2 rings (SSSR count). The van der Waals surface area contributed by atoms with Crippen molar-refractivity contribution in [2.75, 3.05) is 6.61 Å². The second kappa shape index (κ2) is 4.78. The summed E-state index contributed by atoms with van der Waals surface area (Å²) in [7, 11) is 0. The fourth-order valence-electron chi connectivity index (χ4n) is 1.88. The van der Waals surface area contributed by atoms with Crippen molar-refractivity contribution in [1.29, 1.82) is 5.26 Å². The Morgan fingerprint density at radius 2 is 2.25 bits per heavy atom. The van der Waals surface area contributed by atoms with E-state index in [1.807, 2.05) is 0 Å². The summed E-state index contributed by atoms with van der Waals surface area (Å²) in [6, 6.07) is 1.41. The minimum Gasteiger partial charge on any atom is -0.392 e. The Morgan fingerprint density at radius 3 is 2.75 bits per heavy atom. The van der Waals surface area contributed by atoms with Crippen molar-refractivity contribution in [1.82, 2.24) is 9.55 Å². The molecule has 1 fully saturated rings. The molecule has 1 aromatic heterocycles. The second-order valence-corrected chi connectivity index (χ2v) is 4.20. The lowest BCUT2D eigenvalue weighted by Gasteiger charge is -2.21. The molecule has 0 spiro atoms. The zero-order chi connectivity index (χ0) is 15.1. The van der Waals surface area contributed by atoms with E-state index in [9.17, 15) is 23.5 Å². The van der Waals surface area contributed by atoms with Crippen molar-refractivity contribution in [3.63, 3.8) is 0 Å². The van der Waals surface area contributed by atoms with E-state index < -0.39 is 47.8 Å². The van der Waals surface area contributed by atoms with Gasteiger partial charge < -0.3 is 14.9 Å². The lowest BCUT2D eigenvalue weighted by Crippen LogP contribution is -2.44. The van der Waals surface area contributed by atoms with Crippen LogP contribution in [0.2, 0.25) is 0 Å². The highest BCUT2D eigenvalue weighted by Gasteiger charge is 2.56. The predicted molar refractivity (Wildman–Crippen MR) is 57.7 cm³/mol. The molecule has 10 heteroatoms. The fraction of sp³-hybridized carbons (Fsp3) is 0.500. The molecule has 0 aliphatic carbocycles. The first kappa shape index (κ1) is 14.3. The lowest BCUT2D eigenvalue weighted by molar-refractivity contribution is -0.0937. The van der Waals surface area contributed by atoms with Gasteiger partial charge >= 0.3 is 5.69 Å². The first-order valence-electron chi connectivity index (χ1n) is 5.39. The van der Waals surface area contributed by atoms with Crippen molar-refractivity contribution in [3.8, 4) is 6.07 Å². The number of rotatable bonds is 2. The van der Waals surface area contributed by atoms with E-state index in [2.05, 4.69) is 0 Å². The number of H-pyrrole nitrogens is 1. The van der Waals surface area contributed by atoms with Gasteiger partial charge in [0.2, 0.25) is 11.4 Å². The largest absolute Gasteiger partial charge is 0.392 e. The van der Waals surface area contributed by atoms with E-state index in [0.29, 0.717) is 10.8 Å². The highest BCUT2D eigenvalue weighted by molar-refractivity contribution is 5.14. The number of nitrogens with zero attached hydrogens (tertiary/aromatic N) is 2. The van der Waals surface area contributed by atoms with Crippen LogP contribution in [0.4, 0.5) is 8.78 Å². The standard InChI is InChI=1S/C10H9F2N3O5/c11-4-1-15(9(19)14-7(4)18)8-5(12)6(17)10(2-13,3-16)20-8/h1,5-6,8,16-17H,3H2,(H,14,18,19)/t5-,6-,8+,10+/m0/s1. The third-order valence-corrected chi connectivity index (χ3v) is 3.01. The highest BCUT2D eigenvalue weighted by atomic mass is 19.1. The first-order valence-corrected chi connectivity index (χ1v) is 5.39. The van der Waals surface area contributed by atoms with Crippen LogP contribution in [0.5, 0.6) is 0 Å². The van der Waals surface area contributed by atoms with E-state index in [0.717, 1.165) is 0 Å². The van der Waals surface area contributed by atoms with Crippen LogP contribution < -0.4 is 11.2 Å². The van der Waals surface area contributed by atoms with Crippen molar-refractivity contribution in [3.05, 3.63) is 32.9 Å². The molecule has 1 aliphatic heterocycles. The van der Waals surface area contributed by atoms with Crippen LogP contribution in [0, 0.1) is 17.1 Å². The average Bonchev–Trinajstić information content (AvgIpc) is 2.68. The molecular weight excluding hydrogens is 280 g/mol. The van der Waals surface area contributed by atoms with Crippen LogP contribution in [0.3, 0.4) is 0 Å². The molecule has 3 N–H and O–H groups in total. The number of aromatic amines is 1. The molecule has 0 aromatic carbocycles. The summed E-state index contributed by atoms with van der Waals surface area (Å²) in [5.41, 5.74) is -4.74. The Bertz CT molecular complexity index is 681. The van der Waals surface area contributed by atoms with Gasteiger partial charge in [-0.05, 0) is 0 Å². The maximum absolute atomic E-state index is 13.9. The Kier molecular flexibility index (Phi) is 3.43. The van der Waals surface area contributed by atoms with Crippen LogP contribution >= 0.6 is 0 Å². The molecule has 8 nitrogen and oxygen atoms in total. The van der Waals surface area contributed by atoms with Gasteiger partial charge in [0.25, 0.3) is 5.56 Å². The number of nitrogens with one attached hydrogen (secondary N) is 1. The molecule has 1 aliphatic rings. The third kappa shape index (κ3) is 1.92. The summed E-state index contributed by atoms with van der Waals surface area (Å²) in [4.78, 5) is 23.9. The van der Waals surface area contributed by atoms with Crippen molar-refractivity contribution >= 4 is 0 Å². The number of nitriles is 1. The normalized spacial score (nSPS) is 33.0. The zero-order valence-corrected chi connectivity index (χ0v) is 9.79. The van der Waals surface area contributed by atoms with Crippen LogP contribution in [0.1, 0.15) is 6.23 Å². The van der Waals surface area contributed by atoms with Crippen LogP contribution in [0.25, 0.3) is 0 Å². The summed E-state index contributed by atoms with van der Waals surface area (Å²) in [6.07, 6.45) is -5.76. The number of aliphatic hydroxyl groups excluding tert-OH is 2. The summed E-state index contributed by atoms with van der Waals surface area (Å²) in [6.45, 7) is -1.03. The summed E-state index contributed by atoms with van der Waals surface area (Å²) in [5, 5.41) is 27.5. The molecule has 20 heavy (non-hydrogen) atoms. The number of ether oxygens (including phenoxy) is 1. The van der Waals surface area contributed by atoms with Crippen molar-refractivity contribution in [2.45, 2.75) is 24.1 Å². The van der Waals surface area contributed by atoms with Crippen molar-refractivity contribution < 1.29 is 23.7 Å². The molecule has 0 amide bonds. The summed E-state index contributed by atoms with van der Waals surface area (Å²) < 4.78 is 32.3. The zero-order valence-electron chi connectivity index (χ0n) is 9.79. The van der Waals surface area contributed by atoms with Crippen LogP contribution in [-0.2, 0) is 4.74 Å². The lowest BCUT2D eigenvalue weighted by atomic mass is 9.99. The molecule has 0 unspecified atom stereocenters. The topological polar surface area (TPSA) is 128 Å². The van der Waals surface area contributed by atoms with Gasteiger partial charge in [0.1, 0.15) is 12.2 Å². The smallest absolute Gasteiger partial charge is 0.330 e. The maximum Gasteiger partial charge on any atom is 0.330 e. The molecule has 0 radical (unpaired) electrons. The highest BCUT2D eigenvalue weighted by Crippen LogP contribution is 2.37. The Hall–Kier alpha value is -2.09. The molecule has 1 aromatic rings. The molecule has 0 saturated carbocycles. The predicted octanol–water partition coefficient (Wildman–Crippen LogP) is -1.84. The number of hydrogen-bond donors (Lipinski definition) is 3. The van der Waals surface area contributed by atoms with E-state index in [1.165, 1.54) is 6.07 Å². The van der Waals surface area contributed by atoms with Gasteiger partial charge in [0.05, 0.1) is 12.8 Å². The second-order valence-electron chi connectivity index (χ2n) is 4.20. The van der Waals surface area contributed by atoms with Crippen LogP contribution in [-0.4, -0.2) is 44.2 Å². The molecule has 2 heterocycles. The molecule has 108 valence electrons. The number of hydrogen-bond acceptors (Lipinski definition) is 6. The van der Waals surface area contributed by atoms with E-state index >= 15 is 0 Å². The third-order valence-electron chi connectivity index (χ3n) is 3.01. The van der Waals surface area contributed by atoms with Gasteiger partial charge in [-0.15, -0.1) is 0 Å².